The van der Waals surface area contributed by atoms with Gasteiger partial charge in [-0.25, -0.2) is 4.79 Å². The van der Waals surface area contributed by atoms with Gasteiger partial charge in [-0.15, -0.1) is 0 Å². The van der Waals surface area contributed by atoms with Gasteiger partial charge in [0.25, 0.3) is 0 Å². The third-order valence-corrected chi connectivity index (χ3v) is 6.97. The van der Waals surface area contributed by atoms with Crippen molar-refractivity contribution in [2.45, 2.75) is 0 Å². The third-order valence-electron chi connectivity index (χ3n) is 5.64. The van der Waals surface area contributed by atoms with Crippen molar-refractivity contribution in [1.29, 1.82) is 0 Å². The molecule has 0 saturated heterocycles. The highest BCUT2D eigenvalue weighted by Crippen LogP contribution is 2.34. The Balaban J connectivity index is 1.23. The molecule has 3 aromatic carbocycles. The van der Waals surface area contributed by atoms with Crippen molar-refractivity contribution in [2.24, 2.45) is 0 Å². The summed E-state index contributed by atoms with van der Waals surface area (Å²) in [7, 11) is 0. The summed E-state index contributed by atoms with van der Waals surface area (Å²) in [5.41, 5.74) is 2.02. The molecule has 2 N–H and O–H groups in total. The number of hydrogen-bond donors (Lipinski definition) is 2. The van der Waals surface area contributed by atoms with Crippen LogP contribution in [0.25, 0.3) is 39.5 Å². The molecule has 0 atom stereocenters. The summed E-state index contributed by atoms with van der Waals surface area (Å²) in [6.45, 7) is 0. The lowest BCUT2D eigenvalue weighted by atomic mass is 10.1. The zero-order valence-corrected chi connectivity index (χ0v) is 22.9. The lowest BCUT2D eigenvalue weighted by molar-refractivity contribution is -0.115. The Kier molecular flexibility index (Phi) is 7.86. The minimum absolute atomic E-state index is 0.0597. The van der Waals surface area contributed by atoms with E-state index in [2.05, 4.69) is 10.6 Å². The van der Waals surface area contributed by atoms with Crippen LogP contribution in [0, 0.1) is 0 Å². The van der Waals surface area contributed by atoms with E-state index in [-0.39, 0.29) is 5.11 Å². The summed E-state index contributed by atoms with van der Waals surface area (Å²) < 4.78 is 11.2. The molecule has 1 amide bonds. The zero-order valence-electron chi connectivity index (χ0n) is 19.8. The van der Waals surface area contributed by atoms with Gasteiger partial charge in [-0.2, -0.15) is 0 Å². The minimum atomic E-state index is -0.495. The molecule has 5 aromatic rings. The molecular weight excluding hydrogens is 579 g/mol. The monoisotopic (exact) mass is 594 g/mol. The molecule has 0 bridgehead atoms. The molecule has 0 aliphatic rings. The standard InChI is InChI=1S/C29H17Cl3N2O4S/c30-22-6-3-5-20(27(22)32)25-12-9-18(37-25)10-13-26(35)34-29(39)33-17-8-11-19(23(31)15-17)21-14-16-4-1-2-7-24(16)38-28(21)36/h1-15H,(H2,33,34,35,39)/b13-10+. The van der Waals surface area contributed by atoms with Crippen LogP contribution in [0.4, 0.5) is 5.69 Å². The molecule has 39 heavy (non-hydrogen) atoms. The van der Waals surface area contributed by atoms with Crippen molar-refractivity contribution in [3.05, 3.63) is 116 Å². The van der Waals surface area contributed by atoms with Gasteiger partial charge in [0, 0.05) is 28.3 Å². The molecule has 194 valence electrons. The van der Waals surface area contributed by atoms with Gasteiger partial charge in [0.15, 0.2) is 5.11 Å². The number of halogens is 3. The predicted octanol–water partition coefficient (Wildman–Crippen LogP) is 8.21. The number of hydrogen-bond acceptors (Lipinski definition) is 5. The average Bonchev–Trinajstić information content (AvgIpc) is 3.38. The summed E-state index contributed by atoms with van der Waals surface area (Å²) in [6.07, 6.45) is 2.78. The first-order valence-electron chi connectivity index (χ1n) is 11.5. The number of furan rings is 1. The van der Waals surface area contributed by atoms with Gasteiger partial charge in [-0.1, -0.05) is 65.1 Å². The number of thiocarbonyl (C=S) groups is 1. The molecule has 0 saturated carbocycles. The predicted molar refractivity (Wildman–Crippen MR) is 160 cm³/mol. The van der Waals surface area contributed by atoms with E-state index in [1.165, 1.54) is 12.2 Å². The van der Waals surface area contributed by atoms with E-state index in [0.717, 1.165) is 5.39 Å². The highest BCUT2D eigenvalue weighted by molar-refractivity contribution is 7.80. The molecule has 6 nitrogen and oxygen atoms in total. The normalized spacial score (nSPS) is 11.2. The second-order valence-corrected chi connectivity index (χ2v) is 9.86. The molecule has 5 rings (SSSR count). The summed E-state index contributed by atoms with van der Waals surface area (Å²) in [6, 6.07) is 22.6. The Labute approximate surface area is 242 Å². The first kappa shape index (κ1) is 26.7. The number of para-hydroxylation sites is 1. The fourth-order valence-electron chi connectivity index (χ4n) is 3.82. The van der Waals surface area contributed by atoms with Crippen molar-refractivity contribution in [3.8, 4) is 22.5 Å². The van der Waals surface area contributed by atoms with Crippen LogP contribution in [0.5, 0.6) is 0 Å². The van der Waals surface area contributed by atoms with Gasteiger partial charge >= 0.3 is 5.63 Å². The third kappa shape index (κ3) is 6.08. The van der Waals surface area contributed by atoms with Crippen LogP contribution in [0.3, 0.4) is 0 Å². The Morgan fingerprint density at radius 2 is 1.64 bits per heavy atom. The maximum atomic E-state index is 12.5. The topological polar surface area (TPSA) is 84.5 Å². The molecule has 2 aromatic heterocycles. The van der Waals surface area contributed by atoms with Gasteiger partial charge in [0.05, 0.1) is 20.6 Å². The zero-order chi connectivity index (χ0) is 27.5. The molecule has 0 spiro atoms. The molecule has 10 heteroatoms. The first-order chi connectivity index (χ1) is 18.8. The number of carbonyl (C=O) groups is 1. The van der Waals surface area contributed by atoms with Crippen molar-refractivity contribution in [2.75, 3.05) is 5.32 Å². The van der Waals surface area contributed by atoms with Gasteiger partial charge in [-0.05, 0) is 66.8 Å². The van der Waals surface area contributed by atoms with E-state index in [0.29, 0.717) is 54.5 Å². The number of amides is 1. The quantitative estimate of drug-likeness (QED) is 0.121. The SMILES string of the molecule is O=C(/C=C/c1ccc(-c2cccc(Cl)c2Cl)o1)NC(=S)Nc1ccc(-c2cc3ccccc3oc2=O)c(Cl)c1. The molecule has 0 unspecified atom stereocenters. The molecule has 0 aliphatic carbocycles. The van der Waals surface area contributed by atoms with Crippen LogP contribution in [-0.4, -0.2) is 11.0 Å². The Morgan fingerprint density at radius 1 is 0.821 bits per heavy atom. The molecule has 0 aliphatic heterocycles. The highest BCUT2D eigenvalue weighted by Gasteiger charge is 2.13. The Hall–Kier alpha value is -3.88. The van der Waals surface area contributed by atoms with E-state index in [9.17, 15) is 9.59 Å². The van der Waals surface area contributed by atoms with Crippen molar-refractivity contribution >= 4 is 80.8 Å². The summed E-state index contributed by atoms with van der Waals surface area (Å²) in [5.74, 6) is 0.486. The lowest BCUT2D eigenvalue weighted by Gasteiger charge is -2.11. The van der Waals surface area contributed by atoms with Gasteiger partial charge in [0.2, 0.25) is 5.91 Å². The van der Waals surface area contributed by atoms with Crippen LogP contribution >= 0.6 is 47.0 Å². The lowest BCUT2D eigenvalue weighted by Crippen LogP contribution is -2.32. The molecule has 2 heterocycles. The van der Waals surface area contributed by atoms with E-state index in [1.54, 1.807) is 66.7 Å². The minimum Gasteiger partial charge on any atom is -0.457 e. The number of fused-ring (bicyclic) bond motifs is 1. The van der Waals surface area contributed by atoms with Gasteiger partial charge < -0.3 is 14.2 Å². The van der Waals surface area contributed by atoms with E-state index < -0.39 is 11.5 Å². The molecule has 0 radical (unpaired) electrons. The maximum absolute atomic E-state index is 12.5. The number of carbonyl (C=O) groups excluding carboxylic acids is 1. The van der Waals surface area contributed by atoms with Crippen LogP contribution in [0.1, 0.15) is 5.76 Å². The van der Waals surface area contributed by atoms with E-state index in [4.69, 9.17) is 55.9 Å². The van der Waals surface area contributed by atoms with Crippen LogP contribution in [0.15, 0.2) is 98.6 Å². The smallest absolute Gasteiger partial charge is 0.344 e. The summed E-state index contributed by atoms with van der Waals surface area (Å²) in [4.78, 5) is 24.9. The van der Waals surface area contributed by atoms with E-state index in [1.807, 2.05) is 12.1 Å². The fourth-order valence-corrected chi connectivity index (χ4v) is 4.71. The average molecular weight is 596 g/mol. The van der Waals surface area contributed by atoms with Crippen molar-refractivity contribution in [1.82, 2.24) is 5.32 Å². The number of rotatable bonds is 5. The van der Waals surface area contributed by atoms with Crippen molar-refractivity contribution < 1.29 is 13.6 Å². The second kappa shape index (κ2) is 11.5. The summed E-state index contributed by atoms with van der Waals surface area (Å²) in [5, 5.41) is 7.40. The van der Waals surface area contributed by atoms with Gasteiger partial charge in [0.1, 0.15) is 17.1 Å². The Bertz CT molecular complexity index is 1830. The molecule has 0 fully saturated rings. The highest BCUT2D eigenvalue weighted by atomic mass is 35.5. The van der Waals surface area contributed by atoms with Gasteiger partial charge in [-0.3, -0.25) is 10.1 Å². The van der Waals surface area contributed by atoms with Crippen molar-refractivity contribution in [3.63, 3.8) is 0 Å². The maximum Gasteiger partial charge on any atom is 0.344 e. The first-order valence-corrected chi connectivity index (χ1v) is 13.0. The van der Waals surface area contributed by atoms with Crippen LogP contribution in [-0.2, 0) is 4.79 Å². The Morgan fingerprint density at radius 3 is 2.46 bits per heavy atom. The second-order valence-electron chi connectivity index (χ2n) is 8.26. The number of nitrogens with one attached hydrogen (secondary N) is 2. The number of benzene rings is 3. The molecular formula is C29H17Cl3N2O4S. The van der Waals surface area contributed by atoms with Crippen LogP contribution in [0.2, 0.25) is 15.1 Å². The van der Waals surface area contributed by atoms with Crippen LogP contribution < -0.4 is 16.3 Å². The van der Waals surface area contributed by atoms with E-state index >= 15 is 0 Å². The number of anilines is 1. The largest absolute Gasteiger partial charge is 0.457 e. The fraction of sp³-hybridized carbons (Fsp3) is 0. The summed E-state index contributed by atoms with van der Waals surface area (Å²) >= 11 is 24.0.